The number of aromatic nitrogens is 6. The van der Waals surface area contributed by atoms with Crippen molar-refractivity contribution in [3.63, 3.8) is 0 Å². The van der Waals surface area contributed by atoms with Crippen molar-refractivity contribution in [2.24, 2.45) is 0 Å². The topological polar surface area (TPSA) is 149 Å². The number of hydrogen-bond acceptors (Lipinski definition) is 9. The maximum absolute atomic E-state index is 13.6. The predicted octanol–water partition coefficient (Wildman–Crippen LogP) is 2.57. The number of piperidine rings is 1. The van der Waals surface area contributed by atoms with E-state index in [4.69, 9.17) is 21.9 Å². The molecular weight excluding hydrogens is 479 g/mol. The van der Waals surface area contributed by atoms with E-state index in [9.17, 15) is 14.3 Å². The van der Waals surface area contributed by atoms with Crippen LogP contribution < -0.4 is 5.73 Å². The summed E-state index contributed by atoms with van der Waals surface area (Å²) >= 11 is 6.35. The number of rotatable bonds is 4. The van der Waals surface area contributed by atoms with Gasteiger partial charge in [0.1, 0.15) is 16.8 Å². The van der Waals surface area contributed by atoms with Crippen LogP contribution in [0.2, 0.25) is 5.02 Å². The van der Waals surface area contributed by atoms with Crippen molar-refractivity contribution in [1.29, 1.82) is 0 Å². The first-order valence-electron chi connectivity index (χ1n) is 10.9. The number of anilines is 1. The van der Waals surface area contributed by atoms with Gasteiger partial charge in [0, 0.05) is 25.4 Å². The number of aryl methyl sites for hydroxylation is 1. The van der Waals surface area contributed by atoms with Crippen LogP contribution in [0.15, 0.2) is 28.9 Å². The summed E-state index contributed by atoms with van der Waals surface area (Å²) in [5, 5.41) is 20.3. The Balaban J connectivity index is 1.68. The van der Waals surface area contributed by atoms with E-state index in [0.717, 1.165) is 0 Å². The molecule has 0 aliphatic carbocycles. The molecule has 3 N–H and O–H groups in total. The van der Waals surface area contributed by atoms with Crippen molar-refractivity contribution in [2.75, 3.05) is 18.8 Å². The lowest BCUT2D eigenvalue weighted by atomic mass is 9.94. The number of alkyl halides is 1. The quantitative estimate of drug-likeness (QED) is 0.431. The fourth-order valence-electron chi connectivity index (χ4n) is 4.08. The number of likely N-dealkylation sites (tertiary alicyclic amines) is 1. The van der Waals surface area contributed by atoms with E-state index < -0.39 is 11.8 Å². The highest BCUT2D eigenvalue weighted by molar-refractivity contribution is 6.32. The Labute approximate surface area is 203 Å². The van der Waals surface area contributed by atoms with Crippen molar-refractivity contribution < 1.29 is 18.8 Å². The second-order valence-electron chi connectivity index (χ2n) is 8.57. The number of halogens is 2. The number of amides is 1. The molecule has 0 spiro atoms. The van der Waals surface area contributed by atoms with Gasteiger partial charge in [0.25, 0.3) is 5.91 Å². The number of aliphatic hydroxyl groups is 1. The second-order valence-corrected chi connectivity index (χ2v) is 8.98. The number of fused-ring (bicyclic) bond motifs is 1. The van der Waals surface area contributed by atoms with Crippen molar-refractivity contribution >= 4 is 34.4 Å². The molecule has 1 aliphatic rings. The highest BCUT2D eigenvalue weighted by atomic mass is 35.5. The van der Waals surface area contributed by atoms with Gasteiger partial charge in [-0.2, -0.15) is 15.1 Å². The molecule has 0 unspecified atom stereocenters. The van der Waals surface area contributed by atoms with Gasteiger partial charge in [-0.25, -0.2) is 14.1 Å². The highest BCUT2D eigenvalue weighted by Gasteiger charge is 2.33. The van der Waals surface area contributed by atoms with Crippen LogP contribution in [-0.2, 0) is 5.60 Å². The number of hydrogen-bond donors (Lipinski definition) is 2. The van der Waals surface area contributed by atoms with E-state index in [1.165, 1.54) is 17.8 Å². The minimum absolute atomic E-state index is 0.0311. The predicted molar refractivity (Wildman–Crippen MR) is 124 cm³/mol. The summed E-state index contributed by atoms with van der Waals surface area (Å²) in [6.07, 6.45) is 0.961. The Hall–Kier alpha value is -3.64. The minimum atomic E-state index is -1.61. The zero-order valence-electron chi connectivity index (χ0n) is 18.9. The van der Waals surface area contributed by atoms with Crippen LogP contribution in [0.5, 0.6) is 0 Å². The molecule has 4 aromatic rings. The third-order valence-electron chi connectivity index (χ3n) is 6.07. The van der Waals surface area contributed by atoms with Gasteiger partial charge in [0.05, 0.1) is 11.7 Å². The van der Waals surface area contributed by atoms with E-state index >= 15 is 0 Å². The summed E-state index contributed by atoms with van der Waals surface area (Å²) in [7, 11) is 0. The fourth-order valence-corrected chi connectivity index (χ4v) is 4.25. The Bertz CT molecular complexity index is 1430. The molecule has 1 atom stereocenters. The molecule has 0 bridgehead atoms. The van der Waals surface area contributed by atoms with Gasteiger partial charge in [0.15, 0.2) is 11.5 Å². The maximum Gasteiger partial charge on any atom is 0.275 e. The van der Waals surface area contributed by atoms with Crippen LogP contribution in [0.3, 0.4) is 0 Å². The van der Waals surface area contributed by atoms with E-state index in [2.05, 4.69) is 25.2 Å². The highest BCUT2D eigenvalue weighted by Crippen LogP contribution is 2.33. The summed E-state index contributed by atoms with van der Waals surface area (Å²) in [6.45, 7) is 3.73. The van der Waals surface area contributed by atoms with Crippen LogP contribution in [0.4, 0.5) is 10.3 Å². The first-order chi connectivity index (χ1) is 16.6. The molecule has 35 heavy (non-hydrogen) atoms. The standard InChI is InChI=1S/C22H22ClFN8O3/c1-11-27-20(30-35-11)22(2,34)12-3-4-14-16(9-12)32(18-15(23)10-26-21(25)28-18)29-17(14)19(33)31-7-5-13(24)6-8-31/h3-4,9-10,13,34H,5-8H2,1-2H3,(H2,25,26,28)/t22-/m1/s1. The van der Waals surface area contributed by atoms with Crippen LogP contribution in [0, 0.1) is 6.92 Å². The molecule has 13 heteroatoms. The molecule has 1 fully saturated rings. The molecule has 1 saturated heterocycles. The molecule has 3 aromatic heterocycles. The fraction of sp³-hybridized carbons (Fsp3) is 0.364. The molecule has 1 aromatic carbocycles. The molecule has 5 rings (SSSR count). The van der Waals surface area contributed by atoms with E-state index in [0.29, 0.717) is 35.4 Å². The van der Waals surface area contributed by atoms with Crippen LogP contribution in [0.25, 0.3) is 16.7 Å². The third-order valence-corrected chi connectivity index (χ3v) is 6.33. The molecule has 11 nitrogen and oxygen atoms in total. The first kappa shape index (κ1) is 23.1. The molecule has 0 saturated carbocycles. The zero-order valence-corrected chi connectivity index (χ0v) is 19.7. The van der Waals surface area contributed by atoms with Gasteiger partial charge < -0.3 is 20.3 Å². The number of carbonyl (C=O) groups is 1. The van der Waals surface area contributed by atoms with Gasteiger partial charge in [-0.3, -0.25) is 4.79 Å². The largest absolute Gasteiger partial charge is 0.377 e. The Morgan fingerprint density at radius 3 is 2.74 bits per heavy atom. The monoisotopic (exact) mass is 500 g/mol. The maximum atomic E-state index is 13.6. The molecule has 4 heterocycles. The summed E-state index contributed by atoms with van der Waals surface area (Å²) in [4.78, 5) is 27.2. The number of nitrogens with zero attached hydrogens (tertiary/aromatic N) is 7. The Morgan fingerprint density at radius 2 is 2.06 bits per heavy atom. The van der Waals surface area contributed by atoms with Crippen molar-refractivity contribution in [2.45, 2.75) is 38.5 Å². The van der Waals surface area contributed by atoms with Crippen molar-refractivity contribution in [3.05, 3.63) is 52.4 Å². The second kappa shape index (κ2) is 8.54. The lowest BCUT2D eigenvalue weighted by molar-refractivity contribution is 0.0662. The van der Waals surface area contributed by atoms with E-state index in [1.54, 1.807) is 30.0 Å². The lowest BCUT2D eigenvalue weighted by Gasteiger charge is -2.28. The SMILES string of the molecule is Cc1nc([C@](C)(O)c2ccc3c(C(=O)N4CCC(F)CC4)nn(-c4nc(N)ncc4Cl)c3c2)no1. The average molecular weight is 501 g/mol. The van der Waals surface area contributed by atoms with Gasteiger partial charge in [-0.1, -0.05) is 22.8 Å². The summed E-state index contributed by atoms with van der Waals surface area (Å²) in [5.74, 6) is 0.177. The Kier molecular flexibility index (Phi) is 5.64. The average Bonchev–Trinajstić information content (AvgIpc) is 3.44. The smallest absolute Gasteiger partial charge is 0.275 e. The number of carbonyl (C=O) groups excluding carboxylic acids is 1. The normalized spacial score (nSPS) is 16.5. The number of nitrogens with two attached hydrogens (primary N) is 1. The van der Waals surface area contributed by atoms with Gasteiger partial charge in [0.2, 0.25) is 17.7 Å². The van der Waals surface area contributed by atoms with Gasteiger partial charge in [-0.15, -0.1) is 0 Å². The van der Waals surface area contributed by atoms with Gasteiger partial charge in [-0.05, 0) is 37.5 Å². The van der Waals surface area contributed by atoms with Crippen LogP contribution in [0.1, 0.15) is 47.5 Å². The summed E-state index contributed by atoms with van der Waals surface area (Å²) in [5.41, 5.74) is 5.18. The van der Waals surface area contributed by atoms with Crippen molar-refractivity contribution in [3.8, 4) is 5.82 Å². The zero-order chi connectivity index (χ0) is 24.9. The Morgan fingerprint density at radius 1 is 1.31 bits per heavy atom. The van der Waals surface area contributed by atoms with Crippen LogP contribution in [-0.4, -0.2) is 65.1 Å². The summed E-state index contributed by atoms with van der Waals surface area (Å²) in [6, 6.07) is 4.97. The summed E-state index contributed by atoms with van der Waals surface area (Å²) < 4.78 is 20.1. The van der Waals surface area contributed by atoms with Crippen molar-refractivity contribution in [1.82, 2.24) is 34.8 Å². The van der Waals surface area contributed by atoms with Gasteiger partial charge >= 0.3 is 0 Å². The molecule has 1 aliphatic heterocycles. The first-order valence-corrected chi connectivity index (χ1v) is 11.3. The molecule has 182 valence electrons. The molecule has 1 amide bonds. The number of nitrogen functional groups attached to an aromatic ring is 1. The molecule has 0 radical (unpaired) electrons. The number of benzene rings is 1. The van der Waals surface area contributed by atoms with Crippen LogP contribution >= 0.6 is 11.6 Å². The third kappa shape index (κ3) is 4.08. The molecular formula is C22H22ClFN8O3. The van der Waals surface area contributed by atoms with E-state index in [-0.39, 0.29) is 47.1 Å². The minimum Gasteiger partial charge on any atom is -0.377 e. The van der Waals surface area contributed by atoms with E-state index in [1.807, 2.05) is 0 Å². The lowest BCUT2D eigenvalue weighted by Crippen LogP contribution is -2.39.